The number of hydrogen-bond donors (Lipinski definition) is 1. The summed E-state index contributed by atoms with van der Waals surface area (Å²) in [4.78, 5) is 29.8. The number of carbonyl (C=O) groups is 2. The highest BCUT2D eigenvalue weighted by Gasteiger charge is 2.34. The van der Waals surface area contributed by atoms with E-state index in [0.29, 0.717) is 16.3 Å². The van der Waals surface area contributed by atoms with Crippen LogP contribution in [0.2, 0.25) is 5.02 Å². The van der Waals surface area contributed by atoms with E-state index < -0.39 is 28.5 Å². The molecule has 42 heavy (non-hydrogen) atoms. The standard InChI is InChI=1S/C33H40ClN3O4S/c1-24-18-19-25(2)30(20-24)37(42(3,40)41)23-32(38)36(22-27-14-10-11-17-29(27)34)31(21-26-12-6-4-7-13-26)33(39)35-28-15-8-5-9-16-28/h4,6-7,10-14,17-20,28,31H,5,8-9,15-16,21-23H2,1-3H3,(H,35,39). The van der Waals surface area contributed by atoms with Crippen LogP contribution in [0.1, 0.15) is 54.4 Å². The fourth-order valence-electron chi connectivity index (χ4n) is 5.49. The molecule has 0 aliphatic heterocycles. The molecule has 9 heteroatoms. The number of hydrogen-bond acceptors (Lipinski definition) is 4. The van der Waals surface area contributed by atoms with E-state index in [2.05, 4.69) is 5.32 Å². The van der Waals surface area contributed by atoms with E-state index in [-0.39, 0.29) is 24.9 Å². The minimum Gasteiger partial charge on any atom is -0.352 e. The van der Waals surface area contributed by atoms with Gasteiger partial charge in [-0.25, -0.2) is 8.42 Å². The topological polar surface area (TPSA) is 86.8 Å². The summed E-state index contributed by atoms with van der Waals surface area (Å²) < 4.78 is 27.3. The van der Waals surface area contributed by atoms with Gasteiger partial charge in [-0.2, -0.15) is 0 Å². The number of sulfonamides is 1. The van der Waals surface area contributed by atoms with Crippen LogP contribution in [0.4, 0.5) is 5.69 Å². The lowest BCUT2D eigenvalue weighted by molar-refractivity contribution is -0.140. The first kappa shape index (κ1) is 31.6. The molecule has 1 N–H and O–H groups in total. The Hall–Kier alpha value is -3.36. The number of rotatable bonds is 11. The van der Waals surface area contributed by atoms with Gasteiger partial charge < -0.3 is 10.2 Å². The third-order valence-electron chi connectivity index (χ3n) is 7.83. The van der Waals surface area contributed by atoms with Gasteiger partial charge in [-0.15, -0.1) is 0 Å². The van der Waals surface area contributed by atoms with E-state index in [0.717, 1.165) is 59.4 Å². The molecule has 0 aromatic heterocycles. The zero-order valence-corrected chi connectivity index (χ0v) is 26.1. The van der Waals surface area contributed by atoms with Gasteiger partial charge in [0.2, 0.25) is 21.8 Å². The maximum Gasteiger partial charge on any atom is 0.244 e. The maximum atomic E-state index is 14.3. The number of halogens is 1. The second kappa shape index (κ2) is 14.2. The molecule has 2 amide bonds. The third kappa shape index (κ3) is 8.35. The second-order valence-corrected chi connectivity index (χ2v) is 13.5. The van der Waals surface area contributed by atoms with Crippen LogP contribution in [0.3, 0.4) is 0 Å². The summed E-state index contributed by atoms with van der Waals surface area (Å²) in [5, 5.41) is 3.68. The fraction of sp³-hybridized carbons (Fsp3) is 0.394. The second-order valence-electron chi connectivity index (χ2n) is 11.2. The van der Waals surface area contributed by atoms with Gasteiger partial charge in [0.05, 0.1) is 11.9 Å². The number of carbonyl (C=O) groups excluding carboxylic acids is 2. The summed E-state index contributed by atoms with van der Waals surface area (Å²) in [6.45, 7) is 3.29. The van der Waals surface area contributed by atoms with Gasteiger partial charge in [-0.1, -0.05) is 91.5 Å². The van der Waals surface area contributed by atoms with Gasteiger partial charge in [0.15, 0.2) is 0 Å². The van der Waals surface area contributed by atoms with Gasteiger partial charge in [-0.05, 0) is 61.1 Å². The fourth-order valence-corrected chi connectivity index (χ4v) is 6.59. The van der Waals surface area contributed by atoms with Gasteiger partial charge in [0, 0.05) is 24.0 Å². The highest BCUT2D eigenvalue weighted by atomic mass is 35.5. The van der Waals surface area contributed by atoms with Crippen LogP contribution in [0, 0.1) is 13.8 Å². The first-order valence-electron chi connectivity index (χ1n) is 14.4. The SMILES string of the molecule is Cc1ccc(C)c(N(CC(=O)N(Cc2ccccc2Cl)C(Cc2ccccc2)C(=O)NC2CCCCC2)S(C)(=O)=O)c1. The molecule has 1 aliphatic carbocycles. The van der Waals surface area contributed by atoms with Crippen LogP contribution < -0.4 is 9.62 Å². The monoisotopic (exact) mass is 609 g/mol. The Morgan fingerprint density at radius 2 is 1.62 bits per heavy atom. The summed E-state index contributed by atoms with van der Waals surface area (Å²) >= 11 is 6.54. The van der Waals surface area contributed by atoms with Crippen molar-refractivity contribution in [3.63, 3.8) is 0 Å². The number of nitrogens with one attached hydrogen (secondary N) is 1. The van der Waals surface area contributed by atoms with Crippen molar-refractivity contribution in [1.29, 1.82) is 0 Å². The Kier molecular flexibility index (Phi) is 10.7. The molecule has 224 valence electrons. The van der Waals surface area contributed by atoms with Crippen LogP contribution in [0.25, 0.3) is 0 Å². The Bertz CT molecular complexity index is 1490. The number of nitrogens with zero attached hydrogens (tertiary/aromatic N) is 2. The Labute approximate surface area is 254 Å². The summed E-state index contributed by atoms with van der Waals surface area (Å²) in [6.07, 6.45) is 6.42. The zero-order valence-electron chi connectivity index (χ0n) is 24.6. The van der Waals surface area contributed by atoms with Crippen LogP contribution in [-0.2, 0) is 32.6 Å². The van der Waals surface area contributed by atoms with Crippen LogP contribution in [0.15, 0.2) is 72.8 Å². The van der Waals surface area contributed by atoms with Crippen molar-refractivity contribution >= 4 is 39.1 Å². The molecular formula is C33H40ClN3O4S. The van der Waals surface area contributed by atoms with E-state index in [1.807, 2.05) is 68.4 Å². The van der Waals surface area contributed by atoms with Crippen LogP contribution >= 0.6 is 11.6 Å². The van der Waals surface area contributed by atoms with Gasteiger partial charge in [-0.3, -0.25) is 13.9 Å². The molecule has 0 spiro atoms. The van der Waals surface area contributed by atoms with Crippen molar-refractivity contribution in [2.75, 3.05) is 17.1 Å². The van der Waals surface area contributed by atoms with Crippen molar-refractivity contribution in [1.82, 2.24) is 10.2 Å². The van der Waals surface area contributed by atoms with Gasteiger partial charge in [0.25, 0.3) is 0 Å². The van der Waals surface area contributed by atoms with Crippen molar-refractivity contribution in [2.24, 2.45) is 0 Å². The third-order valence-corrected chi connectivity index (χ3v) is 9.33. The number of amides is 2. The van der Waals surface area contributed by atoms with E-state index in [1.165, 1.54) is 4.90 Å². The lowest BCUT2D eigenvalue weighted by atomic mass is 9.94. The molecular weight excluding hydrogens is 570 g/mol. The number of benzene rings is 3. The minimum atomic E-state index is -3.84. The predicted octanol–water partition coefficient (Wildman–Crippen LogP) is 5.81. The Morgan fingerprint density at radius 1 is 0.952 bits per heavy atom. The quantitative estimate of drug-likeness (QED) is 0.297. The summed E-state index contributed by atoms with van der Waals surface area (Å²) in [7, 11) is -3.84. The molecule has 1 saturated carbocycles. The maximum absolute atomic E-state index is 14.3. The summed E-state index contributed by atoms with van der Waals surface area (Å²) in [5.41, 5.74) is 3.61. The van der Waals surface area contributed by atoms with Gasteiger partial charge >= 0.3 is 0 Å². The van der Waals surface area contributed by atoms with E-state index in [1.54, 1.807) is 18.2 Å². The largest absolute Gasteiger partial charge is 0.352 e. The lowest BCUT2D eigenvalue weighted by Gasteiger charge is -2.35. The zero-order chi connectivity index (χ0) is 30.3. The van der Waals surface area contributed by atoms with Crippen LogP contribution in [-0.4, -0.2) is 50.0 Å². The van der Waals surface area contributed by atoms with Crippen molar-refractivity contribution in [2.45, 2.75) is 71.0 Å². The number of anilines is 1. The lowest BCUT2D eigenvalue weighted by Crippen LogP contribution is -2.55. The van der Waals surface area contributed by atoms with Crippen molar-refractivity contribution < 1.29 is 18.0 Å². The predicted molar refractivity (Wildman–Crippen MR) is 169 cm³/mol. The molecule has 3 aromatic carbocycles. The molecule has 1 fully saturated rings. The molecule has 0 bridgehead atoms. The summed E-state index contributed by atoms with van der Waals surface area (Å²) in [6, 6.07) is 21.4. The molecule has 0 radical (unpaired) electrons. The molecule has 1 unspecified atom stereocenters. The highest BCUT2D eigenvalue weighted by molar-refractivity contribution is 7.92. The average molecular weight is 610 g/mol. The molecule has 1 atom stereocenters. The first-order chi connectivity index (χ1) is 20.0. The van der Waals surface area contributed by atoms with Gasteiger partial charge in [0.1, 0.15) is 12.6 Å². The highest BCUT2D eigenvalue weighted by Crippen LogP contribution is 2.26. The number of aryl methyl sites for hydroxylation is 2. The molecule has 4 rings (SSSR count). The average Bonchev–Trinajstić information content (AvgIpc) is 2.96. The molecule has 7 nitrogen and oxygen atoms in total. The first-order valence-corrected chi connectivity index (χ1v) is 16.7. The summed E-state index contributed by atoms with van der Waals surface area (Å²) in [5.74, 6) is -0.732. The van der Waals surface area contributed by atoms with Crippen molar-refractivity contribution in [3.05, 3.63) is 100 Å². The Balaban J connectivity index is 1.75. The smallest absolute Gasteiger partial charge is 0.244 e. The Morgan fingerprint density at radius 3 is 2.29 bits per heavy atom. The normalized spacial score (nSPS) is 14.7. The van der Waals surface area contributed by atoms with E-state index >= 15 is 0 Å². The van der Waals surface area contributed by atoms with Crippen LogP contribution in [0.5, 0.6) is 0 Å². The minimum absolute atomic E-state index is 0.0456. The molecule has 1 aliphatic rings. The molecule has 3 aromatic rings. The molecule has 0 saturated heterocycles. The molecule has 0 heterocycles. The van der Waals surface area contributed by atoms with Crippen molar-refractivity contribution in [3.8, 4) is 0 Å². The van der Waals surface area contributed by atoms with E-state index in [9.17, 15) is 18.0 Å². The van der Waals surface area contributed by atoms with E-state index in [4.69, 9.17) is 11.6 Å².